The number of anilines is 1. The molecule has 4 aromatic carbocycles. The number of aliphatic imine (C=N–C) groups is 1. The monoisotopic (exact) mass is 420 g/mol. The van der Waals surface area contributed by atoms with Gasteiger partial charge in [0.05, 0.1) is 5.69 Å². The molecule has 4 nitrogen and oxygen atoms in total. The molecular formula is C28H24N2O2. The van der Waals surface area contributed by atoms with Crippen LogP contribution in [-0.2, 0) is 6.42 Å². The molecule has 1 amide bonds. The van der Waals surface area contributed by atoms with Gasteiger partial charge in [-0.25, -0.2) is 0 Å². The zero-order chi connectivity index (χ0) is 22.3. The van der Waals surface area contributed by atoms with E-state index in [0.29, 0.717) is 11.1 Å². The fourth-order valence-electron chi connectivity index (χ4n) is 3.45. The number of hydrogen-bond acceptors (Lipinski definition) is 3. The summed E-state index contributed by atoms with van der Waals surface area (Å²) in [4.78, 5) is 16.9. The van der Waals surface area contributed by atoms with Crippen molar-refractivity contribution in [3.63, 3.8) is 0 Å². The van der Waals surface area contributed by atoms with Crippen LogP contribution in [0.5, 0.6) is 5.75 Å². The molecule has 0 heterocycles. The van der Waals surface area contributed by atoms with Crippen molar-refractivity contribution in [2.75, 3.05) is 5.32 Å². The highest BCUT2D eigenvalue weighted by atomic mass is 16.3. The number of carbonyl (C=O) groups excluding carboxylic acids is 1. The lowest BCUT2D eigenvalue weighted by Gasteiger charge is -2.09. The Labute approximate surface area is 187 Å². The van der Waals surface area contributed by atoms with Gasteiger partial charge in [-0.15, -0.1) is 0 Å². The van der Waals surface area contributed by atoms with Gasteiger partial charge in [0.2, 0.25) is 0 Å². The Bertz CT molecular complexity index is 1250. The third-order valence-electron chi connectivity index (χ3n) is 5.19. The third kappa shape index (κ3) is 5.29. The normalized spacial score (nSPS) is 10.9. The van der Waals surface area contributed by atoms with E-state index >= 15 is 0 Å². The van der Waals surface area contributed by atoms with Gasteiger partial charge >= 0.3 is 0 Å². The Balaban J connectivity index is 1.48. The highest BCUT2D eigenvalue weighted by Crippen LogP contribution is 2.24. The number of rotatable bonds is 6. The molecule has 0 aromatic heterocycles. The second-order valence-corrected chi connectivity index (χ2v) is 7.63. The largest absolute Gasteiger partial charge is 0.507 e. The second-order valence-electron chi connectivity index (χ2n) is 7.63. The molecule has 0 fully saturated rings. The van der Waals surface area contributed by atoms with Crippen molar-refractivity contribution < 1.29 is 9.90 Å². The van der Waals surface area contributed by atoms with Crippen molar-refractivity contribution in [1.29, 1.82) is 0 Å². The van der Waals surface area contributed by atoms with Crippen LogP contribution in [0.4, 0.5) is 11.4 Å². The lowest BCUT2D eigenvalue weighted by Crippen LogP contribution is -2.12. The van der Waals surface area contributed by atoms with Crippen LogP contribution >= 0.6 is 0 Å². The average Bonchev–Trinajstić information content (AvgIpc) is 2.82. The molecule has 0 spiro atoms. The summed E-state index contributed by atoms with van der Waals surface area (Å²) in [5, 5.41) is 13.2. The zero-order valence-corrected chi connectivity index (χ0v) is 17.8. The van der Waals surface area contributed by atoms with E-state index in [2.05, 4.69) is 22.4 Å². The number of nitrogens with zero attached hydrogens (tertiary/aromatic N) is 1. The topological polar surface area (TPSA) is 61.7 Å². The highest BCUT2D eigenvalue weighted by molar-refractivity contribution is 6.04. The number of nitrogens with one attached hydrogen (secondary N) is 1. The molecule has 0 aliphatic carbocycles. The number of hydrogen-bond donors (Lipinski definition) is 2. The number of aryl methyl sites for hydroxylation is 1. The molecular weight excluding hydrogens is 396 g/mol. The zero-order valence-electron chi connectivity index (χ0n) is 17.8. The summed E-state index contributed by atoms with van der Waals surface area (Å²) in [5.74, 6) is 0.0409. The molecule has 2 N–H and O–H groups in total. The SMILES string of the molecule is Cc1cc(N=Cc2cc(Cc3ccccc3)ccc2O)ccc1NC(=O)c1ccccc1. The van der Waals surface area contributed by atoms with E-state index in [1.807, 2.05) is 73.7 Å². The Hall–Kier alpha value is -4.18. The molecule has 0 unspecified atom stereocenters. The predicted molar refractivity (Wildman–Crippen MR) is 130 cm³/mol. The van der Waals surface area contributed by atoms with Crippen LogP contribution in [0.3, 0.4) is 0 Å². The van der Waals surface area contributed by atoms with Gasteiger partial charge in [0, 0.05) is 23.0 Å². The van der Waals surface area contributed by atoms with E-state index < -0.39 is 0 Å². The summed E-state index contributed by atoms with van der Waals surface area (Å²) in [7, 11) is 0. The molecule has 0 aliphatic rings. The molecule has 0 radical (unpaired) electrons. The van der Waals surface area contributed by atoms with Gasteiger partial charge in [-0.1, -0.05) is 54.6 Å². The van der Waals surface area contributed by atoms with Gasteiger partial charge in [-0.05, 0) is 72.5 Å². The second kappa shape index (κ2) is 9.75. The van der Waals surface area contributed by atoms with Crippen LogP contribution in [0.15, 0.2) is 102 Å². The van der Waals surface area contributed by atoms with Gasteiger partial charge in [0.15, 0.2) is 0 Å². The number of aromatic hydroxyl groups is 1. The summed E-state index contributed by atoms with van der Waals surface area (Å²) >= 11 is 0. The van der Waals surface area contributed by atoms with Gasteiger partial charge in [-0.3, -0.25) is 9.79 Å². The summed E-state index contributed by atoms with van der Waals surface area (Å²) in [6.07, 6.45) is 2.46. The standard InChI is InChI=1S/C28H24N2O2/c1-20-16-25(13-14-26(20)30-28(32)23-10-6-3-7-11-23)29-19-24-18-22(12-15-27(24)31)17-21-8-4-2-5-9-21/h2-16,18-19,31H,17H2,1H3,(H,30,32). The van der Waals surface area contributed by atoms with Gasteiger partial charge in [0.1, 0.15) is 5.75 Å². The molecule has 4 rings (SSSR count). The molecule has 4 aromatic rings. The minimum absolute atomic E-state index is 0.148. The van der Waals surface area contributed by atoms with Crippen LogP contribution in [0.25, 0.3) is 0 Å². The van der Waals surface area contributed by atoms with E-state index in [9.17, 15) is 9.90 Å². The van der Waals surface area contributed by atoms with Crippen LogP contribution in [0, 0.1) is 6.92 Å². The molecule has 0 saturated heterocycles. The quantitative estimate of drug-likeness (QED) is 0.360. The fraction of sp³-hybridized carbons (Fsp3) is 0.0714. The van der Waals surface area contributed by atoms with Gasteiger partial charge in [-0.2, -0.15) is 0 Å². The first-order valence-corrected chi connectivity index (χ1v) is 10.5. The van der Waals surface area contributed by atoms with Gasteiger partial charge in [0.25, 0.3) is 5.91 Å². The lowest BCUT2D eigenvalue weighted by molar-refractivity contribution is 0.102. The fourth-order valence-corrected chi connectivity index (χ4v) is 3.45. The lowest BCUT2D eigenvalue weighted by atomic mass is 10.0. The number of benzene rings is 4. The average molecular weight is 421 g/mol. The van der Waals surface area contributed by atoms with E-state index in [4.69, 9.17) is 0 Å². The van der Waals surface area contributed by atoms with Crippen molar-refractivity contribution in [2.24, 2.45) is 4.99 Å². The van der Waals surface area contributed by atoms with Crippen LogP contribution in [-0.4, -0.2) is 17.2 Å². The Morgan fingerprint density at radius 2 is 1.59 bits per heavy atom. The number of carbonyl (C=O) groups is 1. The maximum absolute atomic E-state index is 12.4. The smallest absolute Gasteiger partial charge is 0.255 e. The van der Waals surface area contributed by atoms with E-state index in [0.717, 1.165) is 28.9 Å². The summed E-state index contributed by atoms with van der Waals surface area (Å²) < 4.78 is 0. The van der Waals surface area contributed by atoms with Crippen molar-refractivity contribution in [3.05, 3.63) is 125 Å². The maximum atomic E-state index is 12.4. The van der Waals surface area contributed by atoms with Crippen molar-refractivity contribution in [2.45, 2.75) is 13.3 Å². The summed E-state index contributed by atoms with van der Waals surface area (Å²) in [6.45, 7) is 1.93. The molecule has 0 bridgehead atoms. The van der Waals surface area contributed by atoms with E-state index in [-0.39, 0.29) is 11.7 Å². The van der Waals surface area contributed by atoms with E-state index in [1.165, 1.54) is 5.56 Å². The van der Waals surface area contributed by atoms with Crippen molar-refractivity contribution in [1.82, 2.24) is 0 Å². The number of phenolic OH excluding ortho intramolecular Hbond substituents is 1. The van der Waals surface area contributed by atoms with Crippen LogP contribution in [0.1, 0.15) is 32.6 Å². The first kappa shape index (κ1) is 21.1. The Kier molecular flexibility index (Phi) is 6.42. The Morgan fingerprint density at radius 3 is 2.31 bits per heavy atom. The summed E-state index contributed by atoms with van der Waals surface area (Å²) in [6, 6.07) is 30.5. The minimum Gasteiger partial charge on any atom is -0.507 e. The molecule has 0 aliphatic heterocycles. The maximum Gasteiger partial charge on any atom is 0.255 e. The molecule has 158 valence electrons. The highest BCUT2D eigenvalue weighted by Gasteiger charge is 2.08. The summed E-state index contributed by atoms with van der Waals surface area (Å²) in [5.41, 5.74) is 5.98. The molecule has 0 saturated carbocycles. The van der Waals surface area contributed by atoms with Crippen molar-refractivity contribution >= 4 is 23.5 Å². The van der Waals surface area contributed by atoms with E-state index in [1.54, 1.807) is 24.4 Å². The van der Waals surface area contributed by atoms with Crippen LogP contribution in [0.2, 0.25) is 0 Å². The predicted octanol–water partition coefficient (Wildman–Crippen LogP) is 6.29. The van der Waals surface area contributed by atoms with Crippen molar-refractivity contribution in [3.8, 4) is 5.75 Å². The molecule has 0 atom stereocenters. The molecule has 4 heteroatoms. The number of phenols is 1. The Morgan fingerprint density at radius 1 is 0.875 bits per heavy atom. The minimum atomic E-state index is -0.148. The van der Waals surface area contributed by atoms with Gasteiger partial charge < -0.3 is 10.4 Å². The first-order valence-electron chi connectivity index (χ1n) is 10.5. The molecule has 32 heavy (non-hydrogen) atoms. The first-order chi connectivity index (χ1) is 15.6. The third-order valence-corrected chi connectivity index (χ3v) is 5.19. The number of amides is 1. The van der Waals surface area contributed by atoms with Crippen LogP contribution < -0.4 is 5.32 Å².